The van der Waals surface area contributed by atoms with Crippen LogP contribution in [0.15, 0.2) is 0 Å². The molecule has 0 aliphatic heterocycles. The summed E-state index contributed by atoms with van der Waals surface area (Å²) in [7, 11) is 0. The second-order valence-corrected chi connectivity index (χ2v) is 8.14. The number of esters is 1. The zero-order chi connectivity index (χ0) is 13.7. The van der Waals surface area contributed by atoms with Crippen molar-refractivity contribution in [3.63, 3.8) is 0 Å². The summed E-state index contributed by atoms with van der Waals surface area (Å²) in [5.74, 6) is 2.59. The van der Waals surface area contributed by atoms with Crippen LogP contribution in [0.2, 0.25) is 0 Å². The van der Waals surface area contributed by atoms with Gasteiger partial charge >= 0.3 is 5.97 Å². The molecule has 120 valence electrons. The Kier molecular flexibility index (Phi) is 4.26. The van der Waals surface area contributed by atoms with Gasteiger partial charge in [0.2, 0.25) is 0 Å². The lowest BCUT2D eigenvalue weighted by Crippen LogP contribution is -2.51. The highest BCUT2D eigenvalue weighted by molar-refractivity contribution is 5.85. The first-order chi connectivity index (χ1) is 9.63. The number of nitrogens with two attached hydrogens (primary N) is 1. The second-order valence-electron chi connectivity index (χ2n) is 8.14. The van der Waals surface area contributed by atoms with Crippen molar-refractivity contribution in [2.24, 2.45) is 28.9 Å². The van der Waals surface area contributed by atoms with Gasteiger partial charge in [0.25, 0.3) is 0 Å². The quantitative estimate of drug-likeness (QED) is 0.795. The van der Waals surface area contributed by atoms with E-state index in [9.17, 15) is 4.79 Å². The van der Waals surface area contributed by atoms with E-state index in [2.05, 4.69) is 0 Å². The molecule has 0 radical (unpaired) electrons. The molecule has 0 amide bonds. The number of halogens is 1. The van der Waals surface area contributed by atoms with Crippen LogP contribution in [0.25, 0.3) is 0 Å². The van der Waals surface area contributed by atoms with Crippen LogP contribution in [0.3, 0.4) is 0 Å². The average molecular weight is 314 g/mol. The molecule has 2 N–H and O–H groups in total. The number of rotatable bonds is 2. The van der Waals surface area contributed by atoms with E-state index in [-0.39, 0.29) is 29.9 Å². The summed E-state index contributed by atoms with van der Waals surface area (Å²) in [6.45, 7) is 0. The number of hydrogen-bond donors (Lipinski definition) is 1. The van der Waals surface area contributed by atoms with Gasteiger partial charge in [-0.1, -0.05) is 0 Å². The molecule has 0 saturated heterocycles. The summed E-state index contributed by atoms with van der Waals surface area (Å²) in [4.78, 5) is 12.8. The number of ether oxygens (including phenoxy) is 1. The van der Waals surface area contributed by atoms with Gasteiger partial charge in [-0.3, -0.25) is 4.79 Å². The molecule has 0 aromatic rings. The molecule has 0 aromatic carbocycles. The fraction of sp³-hybridized carbons (Fsp3) is 0.941. The zero-order valence-corrected chi connectivity index (χ0v) is 13.6. The smallest absolute Gasteiger partial charge is 0.312 e. The molecule has 5 aliphatic rings. The maximum absolute atomic E-state index is 12.8. The Morgan fingerprint density at radius 1 is 0.905 bits per heavy atom. The van der Waals surface area contributed by atoms with E-state index in [1.807, 2.05) is 0 Å². The molecule has 0 atom stereocenters. The highest BCUT2D eigenvalue weighted by Crippen LogP contribution is 2.60. The molecule has 5 fully saturated rings. The Labute approximate surface area is 133 Å². The first-order valence-corrected chi connectivity index (χ1v) is 8.60. The first-order valence-electron chi connectivity index (χ1n) is 8.60. The van der Waals surface area contributed by atoms with Crippen LogP contribution < -0.4 is 5.73 Å². The van der Waals surface area contributed by atoms with E-state index in [1.54, 1.807) is 0 Å². The summed E-state index contributed by atoms with van der Waals surface area (Å²) in [6.07, 6.45) is 11.6. The van der Waals surface area contributed by atoms with Gasteiger partial charge in [-0.2, -0.15) is 0 Å². The van der Waals surface area contributed by atoms with Gasteiger partial charge in [-0.15, -0.1) is 12.4 Å². The molecule has 4 heteroatoms. The topological polar surface area (TPSA) is 52.3 Å². The van der Waals surface area contributed by atoms with E-state index in [1.165, 1.54) is 19.3 Å². The predicted octanol–water partition coefficient (Wildman–Crippen LogP) is 3.44. The van der Waals surface area contributed by atoms with E-state index in [0.717, 1.165) is 62.7 Å². The van der Waals surface area contributed by atoms with E-state index >= 15 is 0 Å². The van der Waals surface area contributed by atoms with Crippen molar-refractivity contribution in [3.8, 4) is 0 Å². The molecule has 5 saturated carbocycles. The van der Waals surface area contributed by atoms with Crippen LogP contribution in [-0.4, -0.2) is 18.1 Å². The number of carbonyl (C=O) groups excluding carboxylic acids is 1. The lowest BCUT2D eigenvalue weighted by Gasteiger charge is -2.55. The van der Waals surface area contributed by atoms with Gasteiger partial charge in [0, 0.05) is 6.04 Å². The van der Waals surface area contributed by atoms with Crippen LogP contribution in [0, 0.1) is 23.2 Å². The molecule has 0 aromatic heterocycles. The summed E-state index contributed by atoms with van der Waals surface area (Å²) in [6, 6.07) is 0.324. The molecule has 0 heterocycles. The van der Waals surface area contributed by atoms with Crippen molar-refractivity contribution in [1.29, 1.82) is 0 Å². The number of carbonyl (C=O) groups is 1. The van der Waals surface area contributed by atoms with Crippen LogP contribution >= 0.6 is 12.4 Å². The molecule has 0 spiro atoms. The van der Waals surface area contributed by atoms with Gasteiger partial charge in [0.15, 0.2) is 0 Å². The van der Waals surface area contributed by atoms with Crippen molar-refractivity contribution in [1.82, 2.24) is 0 Å². The third-order valence-corrected chi connectivity index (χ3v) is 6.46. The van der Waals surface area contributed by atoms with Crippen molar-refractivity contribution < 1.29 is 9.53 Å². The van der Waals surface area contributed by atoms with Crippen LogP contribution in [-0.2, 0) is 9.53 Å². The van der Waals surface area contributed by atoms with Crippen LogP contribution in [0.1, 0.15) is 64.2 Å². The lowest BCUT2D eigenvalue weighted by atomic mass is 9.49. The summed E-state index contributed by atoms with van der Waals surface area (Å²) >= 11 is 0. The monoisotopic (exact) mass is 313 g/mol. The van der Waals surface area contributed by atoms with Gasteiger partial charge in [0.1, 0.15) is 6.10 Å². The Bertz CT molecular complexity index is 368. The normalized spacial score (nSPS) is 47.8. The van der Waals surface area contributed by atoms with Crippen LogP contribution in [0.4, 0.5) is 0 Å². The molecular formula is C17H28ClNO2. The van der Waals surface area contributed by atoms with E-state index < -0.39 is 0 Å². The van der Waals surface area contributed by atoms with Crippen molar-refractivity contribution >= 4 is 18.4 Å². The molecular weight excluding hydrogens is 286 g/mol. The fourth-order valence-corrected chi connectivity index (χ4v) is 5.84. The minimum atomic E-state index is -0.0890. The zero-order valence-electron chi connectivity index (χ0n) is 12.8. The van der Waals surface area contributed by atoms with Gasteiger partial charge < -0.3 is 10.5 Å². The minimum absolute atomic E-state index is 0. The second kappa shape index (κ2) is 5.73. The molecule has 21 heavy (non-hydrogen) atoms. The fourth-order valence-electron chi connectivity index (χ4n) is 5.84. The minimum Gasteiger partial charge on any atom is -0.462 e. The average Bonchev–Trinajstić information content (AvgIpc) is 2.40. The van der Waals surface area contributed by atoms with Gasteiger partial charge in [0.05, 0.1) is 5.41 Å². The van der Waals surface area contributed by atoms with Crippen molar-refractivity contribution in [3.05, 3.63) is 0 Å². The standard InChI is InChI=1S/C17H27NO2.ClH/c18-14-1-3-15(4-2-14)20-16(19)17-8-11-5-12(9-17)7-13(6-11)10-17;/h11-15H,1-10,18H2;1H. The predicted molar refractivity (Wildman–Crippen MR) is 84.2 cm³/mol. The highest BCUT2D eigenvalue weighted by atomic mass is 35.5. The van der Waals surface area contributed by atoms with Crippen molar-refractivity contribution in [2.75, 3.05) is 0 Å². The summed E-state index contributed by atoms with van der Waals surface area (Å²) < 4.78 is 5.93. The van der Waals surface area contributed by atoms with Gasteiger partial charge in [-0.25, -0.2) is 0 Å². The third-order valence-electron chi connectivity index (χ3n) is 6.46. The maximum atomic E-state index is 12.8. The third kappa shape index (κ3) is 2.84. The molecule has 4 bridgehead atoms. The van der Waals surface area contributed by atoms with E-state index in [0.29, 0.717) is 6.04 Å². The summed E-state index contributed by atoms with van der Waals surface area (Å²) in [5.41, 5.74) is 5.84. The Morgan fingerprint density at radius 2 is 1.38 bits per heavy atom. The van der Waals surface area contributed by atoms with E-state index in [4.69, 9.17) is 10.5 Å². The molecule has 0 unspecified atom stereocenters. The highest BCUT2D eigenvalue weighted by Gasteiger charge is 2.55. The number of hydrogen-bond acceptors (Lipinski definition) is 3. The molecule has 5 aliphatic carbocycles. The Hall–Kier alpha value is -0.280. The summed E-state index contributed by atoms with van der Waals surface area (Å²) in [5, 5.41) is 0. The Morgan fingerprint density at radius 3 is 1.86 bits per heavy atom. The first kappa shape index (κ1) is 15.6. The van der Waals surface area contributed by atoms with Crippen LogP contribution in [0.5, 0.6) is 0 Å². The Balaban J connectivity index is 0.00000132. The maximum Gasteiger partial charge on any atom is 0.312 e. The molecule has 5 rings (SSSR count). The SMILES string of the molecule is Cl.NC1CCC(OC(=O)C23CC4CC(CC(C4)C2)C3)CC1. The lowest BCUT2D eigenvalue weighted by molar-refractivity contribution is -0.178. The van der Waals surface area contributed by atoms with Crippen molar-refractivity contribution in [2.45, 2.75) is 76.4 Å². The van der Waals surface area contributed by atoms with Gasteiger partial charge in [-0.05, 0) is 82.0 Å². The molecule has 3 nitrogen and oxygen atoms in total. The largest absolute Gasteiger partial charge is 0.462 e.